The molecule has 2 rings (SSSR count). The van der Waals surface area contributed by atoms with Gasteiger partial charge in [-0.3, -0.25) is 0 Å². The van der Waals surface area contributed by atoms with Crippen molar-refractivity contribution in [3.63, 3.8) is 0 Å². The normalized spacial score (nSPS) is 10.8. The standard InChI is InChI=1S/2C13H18O3.Zn/c2*1-7(2)9-5-10(8(3)4)12(14)11(6-9)13(15)16;/h2*5-8,14H,1-4H3,(H,15,16);/q;;+2/p-2. The fraction of sp³-hybridized carbons (Fsp3) is 0.462. The Bertz CT molecular complexity index is 898. The van der Waals surface area contributed by atoms with Crippen molar-refractivity contribution in [2.45, 2.75) is 79.1 Å². The fourth-order valence-electron chi connectivity index (χ4n) is 3.22. The van der Waals surface area contributed by atoms with Gasteiger partial charge in [0, 0.05) is 11.1 Å². The molecule has 0 saturated carbocycles. The van der Waals surface area contributed by atoms with E-state index < -0.39 is 11.9 Å². The van der Waals surface area contributed by atoms with Crippen LogP contribution < -0.4 is 10.2 Å². The number of carbonyl (C=O) groups is 2. The third kappa shape index (κ3) is 7.85. The van der Waals surface area contributed by atoms with Crippen LogP contribution in [0.3, 0.4) is 0 Å². The number of carboxylic acid groups (broad SMARTS) is 2. The molecule has 2 aromatic rings. The molecule has 0 aliphatic heterocycles. The van der Waals surface area contributed by atoms with E-state index in [0.29, 0.717) is 11.1 Å². The third-order valence-electron chi connectivity index (χ3n) is 5.34. The molecule has 0 unspecified atom stereocenters. The maximum atomic E-state index is 10.9. The topological polar surface area (TPSA) is 121 Å². The van der Waals surface area contributed by atoms with Gasteiger partial charge in [0.15, 0.2) is 0 Å². The molecule has 6 nitrogen and oxygen atoms in total. The Kier molecular flexibility index (Phi) is 11.8. The van der Waals surface area contributed by atoms with E-state index in [4.69, 9.17) is 0 Å². The van der Waals surface area contributed by atoms with E-state index >= 15 is 0 Å². The van der Waals surface area contributed by atoms with Crippen molar-refractivity contribution in [1.82, 2.24) is 0 Å². The molecule has 0 radical (unpaired) electrons. The van der Waals surface area contributed by atoms with Gasteiger partial charge in [-0.25, -0.2) is 0 Å². The molecule has 7 heteroatoms. The first-order valence-electron chi connectivity index (χ1n) is 10.8. The number of rotatable bonds is 6. The van der Waals surface area contributed by atoms with E-state index in [0.717, 1.165) is 11.1 Å². The van der Waals surface area contributed by atoms with E-state index in [2.05, 4.69) is 0 Å². The summed E-state index contributed by atoms with van der Waals surface area (Å²) in [7, 11) is 0. The van der Waals surface area contributed by atoms with Crippen LogP contribution in [0.5, 0.6) is 11.5 Å². The van der Waals surface area contributed by atoms with E-state index in [1.54, 1.807) is 0 Å². The second-order valence-electron chi connectivity index (χ2n) is 9.21. The number of phenols is 2. The van der Waals surface area contributed by atoms with Crippen molar-refractivity contribution in [3.8, 4) is 11.5 Å². The summed E-state index contributed by atoms with van der Waals surface area (Å²) in [6.07, 6.45) is 0. The predicted molar refractivity (Wildman–Crippen MR) is 121 cm³/mol. The summed E-state index contributed by atoms with van der Waals surface area (Å²) in [5, 5.41) is 41.4. The van der Waals surface area contributed by atoms with Gasteiger partial charge in [0.2, 0.25) is 0 Å². The van der Waals surface area contributed by atoms with Gasteiger partial charge in [-0.1, -0.05) is 67.5 Å². The molecule has 0 fully saturated rings. The minimum atomic E-state index is -1.33. The number of carboxylic acids is 2. The first kappa shape index (κ1) is 30.6. The molecule has 2 aromatic carbocycles. The van der Waals surface area contributed by atoms with Crippen molar-refractivity contribution >= 4 is 11.9 Å². The van der Waals surface area contributed by atoms with Gasteiger partial charge in [-0.05, 0) is 58.1 Å². The van der Waals surface area contributed by atoms with Gasteiger partial charge < -0.3 is 30.0 Å². The van der Waals surface area contributed by atoms with E-state index in [9.17, 15) is 30.0 Å². The summed E-state index contributed by atoms with van der Waals surface area (Å²) in [5.41, 5.74) is 2.89. The summed E-state index contributed by atoms with van der Waals surface area (Å²) in [6, 6.07) is 6.69. The predicted octanol–water partition coefficient (Wildman–Crippen LogP) is 4.00. The SMILES string of the molecule is CC(C)c1cc(C(=O)[O-])c(O)c(C(C)C)c1.CC(C)c1cc(C(=O)[O-])c(O)c(C(C)C)c1.[Zn+2]. The van der Waals surface area contributed by atoms with Crippen LogP contribution in [0.25, 0.3) is 0 Å². The Morgan fingerprint density at radius 1 is 0.606 bits per heavy atom. The molecule has 176 valence electrons. The minimum absolute atomic E-state index is 0. The summed E-state index contributed by atoms with van der Waals surface area (Å²) >= 11 is 0. The molecule has 2 N–H and O–H groups in total. The molecule has 0 aliphatic carbocycles. The van der Waals surface area contributed by atoms with Gasteiger partial charge >= 0.3 is 19.5 Å². The van der Waals surface area contributed by atoms with Crippen molar-refractivity contribution in [1.29, 1.82) is 0 Å². The van der Waals surface area contributed by atoms with Crippen LogP contribution >= 0.6 is 0 Å². The maximum Gasteiger partial charge on any atom is 2.00 e. The second-order valence-corrected chi connectivity index (χ2v) is 9.21. The van der Waals surface area contributed by atoms with Crippen molar-refractivity contribution < 1.29 is 49.5 Å². The van der Waals surface area contributed by atoms with Gasteiger partial charge in [0.05, 0.1) is 11.9 Å². The van der Waals surface area contributed by atoms with Crippen LogP contribution in [0.15, 0.2) is 24.3 Å². The second kappa shape index (κ2) is 12.7. The first-order chi connectivity index (χ1) is 14.7. The molecule has 0 atom stereocenters. The average Bonchev–Trinajstić information content (AvgIpc) is 2.67. The van der Waals surface area contributed by atoms with Crippen LogP contribution in [0, 0.1) is 0 Å². The Morgan fingerprint density at radius 2 is 0.879 bits per heavy atom. The fourth-order valence-corrected chi connectivity index (χ4v) is 3.22. The molecule has 0 saturated heterocycles. The number of carbonyl (C=O) groups excluding carboxylic acids is 2. The Balaban J connectivity index is 0.000000602. The van der Waals surface area contributed by atoms with Gasteiger partial charge in [0.1, 0.15) is 11.5 Å². The molecule has 0 amide bonds. The van der Waals surface area contributed by atoms with E-state index in [1.165, 1.54) is 12.1 Å². The number of benzene rings is 2. The number of hydrogen-bond acceptors (Lipinski definition) is 6. The van der Waals surface area contributed by atoms with Crippen LogP contribution in [0.4, 0.5) is 0 Å². The van der Waals surface area contributed by atoms with E-state index in [-0.39, 0.29) is 65.8 Å². The van der Waals surface area contributed by atoms with Crippen molar-refractivity contribution in [3.05, 3.63) is 57.6 Å². The van der Waals surface area contributed by atoms with Crippen LogP contribution in [0.2, 0.25) is 0 Å². The molecule has 0 bridgehead atoms. The molecule has 0 aromatic heterocycles. The van der Waals surface area contributed by atoms with Gasteiger partial charge in [-0.15, -0.1) is 0 Å². The third-order valence-corrected chi connectivity index (χ3v) is 5.34. The molecule has 0 aliphatic rings. The van der Waals surface area contributed by atoms with Gasteiger partial charge in [0.25, 0.3) is 0 Å². The number of aromatic hydroxyl groups is 2. The summed E-state index contributed by atoms with van der Waals surface area (Å²) in [5.74, 6) is -2.40. The molecule has 0 heterocycles. The average molecular weight is 508 g/mol. The molecule has 0 spiro atoms. The van der Waals surface area contributed by atoms with Crippen LogP contribution in [-0.2, 0) is 19.5 Å². The summed E-state index contributed by atoms with van der Waals surface area (Å²) < 4.78 is 0. The first-order valence-corrected chi connectivity index (χ1v) is 10.8. The monoisotopic (exact) mass is 506 g/mol. The van der Waals surface area contributed by atoms with E-state index in [1.807, 2.05) is 67.5 Å². The van der Waals surface area contributed by atoms with Crippen LogP contribution in [0.1, 0.15) is 122 Å². The Hall–Kier alpha value is -2.40. The minimum Gasteiger partial charge on any atom is -0.545 e. The van der Waals surface area contributed by atoms with Crippen LogP contribution in [-0.4, -0.2) is 22.2 Å². The number of hydrogen-bond donors (Lipinski definition) is 2. The summed E-state index contributed by atoms with van der Waals surface area (Å²) in [6.45, 7) is 15.6. The number of aromatic carboxylic acids is 2. The maximum absolute atomic E-state index is 10.9. The molecule has 33 heavy (non-hydrogen) atoms. The smallest absolute Gasteiger partial charge is 0.545 e. The van der Waals surface area contributed by atoms with Crippen molar-refractivity contribution in [2.75, 3.05) is 0 Å². The van der Waals surface area contributed by atoms with Gasteiger partial charge in [-0.2, -0.15) is 0 Å². The zero-order valence-corrected chi connectivity index (χ0v) is 23.8. The molecular weight excluding hydrogens is 474 g/mol. The van der Waals surface area contributed by atoms with Crippen molar-refractivity contribution in [2.24, 2.45) is 0 Å². The summed E-state index contributed by atoms with van der Waals surface area (Å²) in [4.78, 5) is 21.8. The zero-order valence-electron chi connectivity index (χ0n) is 20.9. The Labute approximate surface area is 209 Å². The quantitative estimate of drug-likeness (QED) is 0.570. The molecular formula is C26H34O6Zn. The zero-order chi connectivity index (χ0) is 24.9. The largest absolute Gasteiger partial charge is 2.00 e. The Morgan fingerprint density at radius 3 is 1.06 bits per heavy atom.